The second-order valence-corrected chi connectivity index (χ2v) is 21.0. The Balaban J connectivity index is 1.14. The van der Waals surface area contributed by atoms with Gasteiger partial charge in [-0.05, 0) is 114 Å². The summed E-state index contributed by atoms with van der Waals surface area (Å²) in [7, 11) is 0. The topological polar surface area (TPSA) is 6.48 Å². The summed E-state index contributed by atoms with van der Waals surface area (Å²) in [6.07, 6.45) is 0. The SMILES string of the molecule is CC(C)(C)c1ccc(N2c3cc4ccccc4c4c3B(c3ccc5sc6ccccc6c5c32)N2c3ccccc3C3(c5ccccc5-c5ccccc53)c3cccc-4c32)c(-c2ccccc2)c1. The largest absolute Gasteiger partial charge is 0.376 e. The number of para-hydroxylation sites is 2. The van der Waals surface area contributed by atoms with Crippen LogP contribution in [0.4, 0.5) is 28.4 Å². The van der Waals surface area contributed by atoms with E-state index in [9.17, 15) is 0 Å². The maximum atomic E-state index is 2.77. The molecule has 2 nitrogen and oxygen atoms in total. The molecule has 0 N–H and O–H groups in total. The lowest BCUT2D eigenvalue weighted by atomic mass is 9.42. The first kappa shape index (κ1) is 37.6. The molecule has 0 atom stereocenters. The summed E-state index contributed by atoms with van der Waals surface area (Å²) in [5.74, 6) is 0. The summed E-state index contributed by atoms with van der Waals surface area (Å²) in [6, 6.07) is 78.9. The molecule has 0 saturated carbocycles. The highest BCUT2D eigenvalue weighted by Gasteiger charge is 2.56. The van der Waals surface area contributed by atoms with E-state index in [0.29, 0.717) is 0 Å². The summed E-state index contributed by atoms with van der Waals surface area (Å²) in [4.78, 5) is 5.45. The number of fused-ring (bicyclic) bond motifs is 19. The zero-order valence-electron chi connectivity index (χ0n) is 37.5. The maximum Gasteiger partial charge on any atom is 0.333 e. The summed E-state index contributed by atoms with van der Waals surface area (Å²) >= 11 is 1.90. The first-order valence-electron chi connectivity index (χ1n) is 23.6. The predicted octanol–water partition coefficient (Wildman–Crippen LogP) is 15.6. The van der Waals surface area contributed by atoms with Crippen LogP contribution in [0.2, 0.25) is 0 Å². The summed E-state index contributed by atoms with van der Waals surface area (Å²) in [5, 5.41) is 5.15. The van der Waals surface area contributed by atoms with Gasteiger partial charge < -0.3 is 9.71 Å². The molecule has 1 spiro atoms. The lowest BCUT2D eigenvalue weighted by Crippen LogP contribution is -2.63. The van der Waals surface area contributed by atoms with Gasteiger partial charge in [0, 0.05) is 48.4 Å². The molecular formula is C63H43BN2S. The van der Waals surface area contributed by atoms with E-state index in [2.05, 4.69) is 237 Å². The number of nitrogens with zero attached hydrogens (tertiary/aromatic N) is 2. The monoisotopic (exact) mass is 870 g/mol. The highest BCUT2D eigenvalue weighted by atomic mass is 32.1. The van der Waals surface area contributed by atoms with Crippen molar-refractivity contribution in [2.45, 2.75) is 31.6 Å². The summed E-state index contributed by atoms with van der Waals surface area (Å²) in [6.45, 7) is 6.85. The average molecular weight is 871 g/mol. The van der Waals surface area contributed by atoms with Crippen molar-refractivity contribution >= 4 is 88.5 Å². The number of hydrogen-bond donors (Lipinski definition) is 0. The Morgan fingerprint density at radius 3 is 1.91 bits per heavy atom. The zero-order valence-corrected chi connectivity index (χ0v) is 38.3. The maximum absolute atomic E-state index is 2.77. The molecule has 314 valence electrons. The second-order valence-electron chi connectivity index (χ2n) is 19.9. The van der Waals surface area contributed by atoms with Crippen molar-refractivity contribution in [3.05, 3.63) is 234 Å². The molecule has 4 aliphatic rings. The number of anilines is 5. The van der Waals surface area contributed by atoms with Crippen molar-refractivity contribution in [3.63, 3.8) is 0 Å². The minimum Gasteiger partial charge on any atom is -0.376 e. The second kappa shape index (κ2) is 13.2. The summed E-state index contributed by atoms with van der Waals surface area (Å²) in [5.41, 5.74) is 22.8. The molecule has 0 unspecified atom stereocenters. The van der Waals surface area contributed by atoms with Gasteiger partial charge in [-0.3, -0.25) is 0 Å². The van der Waals surface area contributed by atoms with Gasteiger partial charge >= 0.3 is 6.85 Å². The number of rotatable bonds is 2. The van der Waals surface area contributed by atoms with E-state index < -0.39 is 5.41 Å². The van der Waals surface area contributed by atoms with Crippen LogP contribution in [0.5, 0.6) is 0 Å². The molecule has 67 heavy (non-hydrogen) atoms. The number of hydrogen-bond acceptors (Lipinski definition) is 3. The van der Waals surface area contributed by atoms with Crippen molar-refractivity contribution in [1.29, 1.82) is 0 Å². The smallest absolute Gasteiger partial charge is 0.333 e. The fourth-order valence-corrected chi connectivity index (χ4v) is 14.0. The molecule has 4 heterocycles. The molecular weight excluding hydrogens is 828 g/mol. The first-order valence-corrected chi connectivity index (χ1v) is 24.4. The Labute approximate surface area is 395 Å². The molecule has 1 aliphatic carbocycles. The third-order valence-electron chi connectivity index (χ3n) is 15.6. The molecule has 3 aliphatic heterocycles. The van der Waals surface area contributed by atoms with Crippen LogP contribution in [0.1, 0.15) is 48.6 Å². The Hall–Kier alpha value is -7.66. The van der Waals surface area contributed by atoms with Crippen molar-refractivity contribution in [2.24, 2.45) is 0 Å². The Kier molecular flexibility index (Phi) is 7.43. The minimum absolute atomic E-state index is 0.0350. The van der Waals surface area contributed by atoms with E-state index in [4.69, 9.17) is 0 Å². The van der Waals surface area contributed by atoms with Crippen LogP contribution < -0.4 is 20.6 Å². The molecule has 0 radical (unpaired) electrons. The number of thiophene rings is 1. The number of benzene rings is 10. The average Bonchev–Trinajstić information content (AvgIpc) is 3.90. The standard InChI is InChI=1S/C63H43BN2S/c1-62(2,3)40-32-34-52(46(37-40)38-18-5-4-6-19-38)65-54-36-39-20-7-8-21-41(39)57-45-25-17-29-50-60(45)66(64(59(54)57)51-33-35-56-58(61(51)65)44-24-11-16-31-55(44)67-56)53-30-15-14-28-49(53)63(50)47-26-12-9-22-42(47)43-23-10-13-27-48(43)63/h4-37H,1-3H3. The fourth-order valence-electron chi connectivity index (χ4n) is 12.9. The molecule has 0 fully saturated rings. The lowest BCUT2D eigenvalue weighted by molar-refractivity contribution is 0.590. The van der Waals surface area contributed by atoms with E-state index in [1.54, 1.807) is 0 Å². The van der Waals surface area contributed by atoms with E-state index in [1.807, 2.05) is 11.3 Å². The Morgan fingerprint density at radius 2 is 1.12 bits per heavy atom. The van der Waals surface area contributed by atoms with Crippen molar-refractivity contribution in [1.82, 2.24) is 0 Å². The van der Waals surface area contributed by atoms with Crippen LogP contribution in [0.15, 0.2) is 206 Å². The van der Waals surface area contributed by atoms with E-state index in [0.717, 1.165) is 0 Å². The van der Waals surface area contributed by atoms with Gasteiger partial charge in [0.1, 0.15) is 0 Å². The van der Waals surface area contributed by atoms with Gasteiger partial charge in [-0.2, -0.15) is 0 Å². The highest BCUT2D eigenvalue weighted by Crippen LogP contribution is 2.65. The van der Waals surface area contributed by atoms with Crippen molar-refractivity contribution in [2.75, 3.05) is 9.71 Å². The molecule has 0 bridgehead atoms. The molecule has 11 aromatic rings. The normalized spacial score (nSPS) is 14.5. The lowest BCUT2D eigenvalue weighted by Gasteiger charge is -2.52. The third-order valence-corrected chi connectivity index (χ3v) is 16.7. The molecule has 15 rings (SSSR count). The molecule has 0 amide bonds. The van der Waals surface area contributed by atoms with Gasteiger partial charge in [0.25, 0.3) is 0 Å². The van der Waals surface area contributed by atoms with Crippen molar-refractivity contribution < 1.29 is 0 Å². The van der Waals surface area contributed by atoms with Gasteiger partial charge in [0.05, 0.1) is 16.8 Å². The predicted molar refractivity (Wildman–Crippen MR) is 286 cm³/mol. The van der Waals surface area contributed by atoms with Crippen molar-refractivity contribution in [3.8, 4) is 33.4 Å². The highest BCUT2D eigenvalue weighted by molar-refractivity contribution is 7.26. The summed E-state index contributed by atoms with van der Waals surface area (Å²) < 4.78 is 2.61. The van der Waals surface area contributed by atoms with Gasteiger partial charge in [0.15, 0.2) is 0 Å². The van der Waals surface area contributed by atoms with E-state index in [-0.39, 0.29) is 12.3 Å². The third kappa shape index (κ3) is 4.76. The van der Waals surface area contributed by atoms with E-state index in [1.165, 1.54) is 132 Å². The van der Waals surface area contributed by atoms with Crippen LogP contribution in [0.25, 0.3) is 64.3 Å². The zero-order chi connectivity index (χ0) is 44.3. The molecule has 10 aromatic carbocycles. The van der Waals surface area contributed by atoms with Crippen LogP contribution >= 0.6 is 11.3 Å². The minimum atomic E-state index is -0.507. The van der Waals surface area contributed by atoms with Gasteiger partial charge in [-0.25, -0.2) is 0 Å². The molecule has 1 aromatic heterocycles. The first-order chi connectivity index (χ1) is 32.9. The quantitative estimate of drug-likeness (QED) is 0.160. The van der Waals surface area contributed by atoms with Gasteiger partial charge in [0.2, 0.25) is 0 Å². The van der Waals surface area contributed by atoms with Gasteiger partial charge in [-0.1, -0.05) is 191 Å². The van der Waals surface area contributed by atoms with Crippen LogP contribution in [0.3, 0.4) is 0 Å². The molecule has 4 heteroatoms. The van der Waals surface area contributed by atoms with Crippen LogP contribution in [0, 0.1) is 0 Å². The fraction of sp³-hybridized carbons (Fsp3) is 0.0794. The van der Waals surface area contributed by atoms with Crippen LogP contribution in [-0.2, 0) is 10.8 Å². The Morgan fingerprint density at radius 1 is 0.463 bits per heavy atom. The van der Waals surface area contributed by atoms with Gasteiger partial charge in [-0.15, -0.1) is 11.3 Å². The van der Waals surface area contributed by atoms with Crippen LogP contribution in [-0.4, -0.2) is 6.85 Å². The Bertz CT molecular complexity index is 3900. The molecule has 0 saturated heterocycles. The van der Waals surface area contributed by atoms with E-state index >= 15 is 0 Å².